The number of aliphatic carboxylic acids is 1. The fourth-order valence-corrected chi connectivity index (χ4v) is 3.30. The Morgan fingerprint density at radius 1 is 1.19 bits per heavy atom. The van der Waals surface area contributed by atoms with Gasteiger partial charge in [0, 0.05) is 22.9 Å². The highest BCUT2D eigenvalue weighted by molar-refractivity contribution is 9.10. The molecule has 134 valence electrons. The molecule has 0 saturated carbocycles. The molecule has 5 nitrogen and oxygen atoms in total. The van der Waals surface area contributed by atoms with Crippen molar-refractivity contribution in [3.63, 3.8) is 0 Å². The SMILES string of the molecule is O=C(O)CCC(=O)N1N=C(c2cccc(Br)c2)CC1c1ccccc1F. The minimum Gasteiger partial charge on any atom is -0.481 e. The standard InChI is InChI=1S/C19H16BrFN2O3/c20-13-5-3-4-12(10-13)16-11-17(14-6-1-2-7-15(14)21)23(22-16)18(24)8-9-19(25)26/h1-7,10,17H,8-9,11H2,(H,25,26). The molecule has 26 heavy (non-hydrogen) atoms. The Bertz CT molecular complexity index is 885. The number of hydrogen-bond acceptors (Lipinski definition) is 3. The van der Waals surface area contributed by atoms with E-state index < -0.39 is 23.7 Å². The molecule has 2 aromatic rings. The lowest BCUT2D eigenvalue weighted by molar-refractivity contribution is -0.141. The second kappa shape index (κ2) is 7.78. The lowest BCUT2D eigenvalue weighted by atomic mass is 9.98. The van der Waals surface area contributed by atoms with Crippen LogP contribution in [0.5, 0.6) is 0 Å². The summed E-state index contributed by atoms with van der Waals surface area (Å²) in [5.41, 5.74) is 1.85. The molecule has 0 saturated heterocycles. The van der Waals surface area contributed by atoms with E-state index in [-0.39, 0.29) is 12.8 Å². The van der Waals surface area contributed by atoms with Crippen molar-refractivity contribution in [3.8, 4) is 0 Å². The number of rotatable bonds is 5. The van der Waals surface area contributed by atoms with E-state index in [0.29, 0.717) is 17.7 Å². The minimum atomic E-state index is -1.06. The van der Waals surface area contributed by atoms with E-state index in [1.165, 1.54) is 11.1 Å². The van der Waals surface area contributed by atoms with Gasteiger partial charge in [-0.25, -0.2) is 9.40 Å². The lowest BCUT2D eigenvalue weighted by Gasteiger charge is -2.22. The summed E-state index contributed by atoms with van der Waals surface area (Å²) in [4.78, 5) is 23.3. The molecule has 1 aliphatic heterocycles. The van der Waals surface area contributed by atoms with E-state index in [2.05, 4.69) is 21.0 Å². The first-order valence-corrected chi connectivity index (χ1v) is 8.86. The van der Waals surface area contributed by atoms with Gasteiger partial charge in [0.25, 0.3) is 0 Å². The van der Waals surface area contributed by atoms with Crippen LogP contribution in [0.15, 0.2) is 58.1 Å². The van der Waals surface area contributed by atoms with E-state index in [9.17, 15) is 14.0 Å². The molecule has 0 aromatic heterocycles. The summed E-state index contributed by atoms with van der Waals surface area (Å²) in [6.07, 6.45) is -0.118. The summed E-state index contributed by atoms with van der Waals surface area (Å²) in [5.74, 6) is -1.92. The van der Waals surface area contributed by atoms with E-state index >= 15 is 0 Å². The highest BCUT2D eigenvalue weighted by Gasteiger charge is 2.34. The Morgan fingerprint density at radius 3 is 2.65 bits per heavy atom. The first-order valence-electron chi connectivity index (χ1n) is 8.07. The Labute approximate surface area is 158 Å². The van der Waals surface area contributed by atoms with Gasteiger partial charge in [-0.1, -0.05) is 46.3 Å². The number of carbonyl (C=O) groups is 2. The Kier molecular flexibility index (Phi) is 5.46. The van der Waals surface area contributed by atoms with E-state index in [0.717, 1.165) is 10.0 Å². The van der Waals surface area contributed by atoms with E-state index in [1.54, 1.807) is 18.2 Å². The van der Waals surface area contributed by atoms with Gasteiger partial charge >= 0.3 is 5.97 Å². The minimum absolute atomic E-state index is 0.185. The Hall–Kier alpha value is -2.54. The van der Waals surface area contributed by atoms with Gasteiger partial charge in [0.1, 0.15) is 5.82 Å². The van der Waals surface area contributed by atoms with Gasteiger partial charge in [-0.15, -0.1) is 0 Å². The molecule has 1 atom stereocenters. The monoisotopic (exact) mass is 418 g/mol. The molecule has 0 spiro atoms. The molecule has 1 heterocycles. The van der Waals surface area contributed by atoms with Crippen LogP contribution in [0.3, 0.4) is 0 Å². The van der Waals surface area contributed by atoms with E-state index in [1.807, 2.05) is 24.3 Å². The number of nitrogens with zero attached hydrogens (tertiary/aromatic N) is 2. The van der Waals surface area contributed by atoms with Crippen molar-refractivity contribution in [3.05, 3.63) is 69.9 Å². The lowest BCUT2D eigenvalue weighted by Crippen LogP contribution is -2.28. The first kappa shape index (κ1) is 18.3. The number of hydrogen-bond donors (Lipinski definition) is 1. The molecule has 0 radical (unpaired) electrons. The Balaban J connectivity index is 1.94. The third kappa shape index (κ3) is 3.99. The first-order chi connectivity index (χ1) is 12.5. The van der Waals surface area contributed by atoms with Crippen LogP contribution >= 0.6 is 15.9 Å². The second-order valence-corrected chi connectivity index (χ2v) is 6.85. The van der Waals surface area contributed by atoms with Crippen molar-refractivity contribution < 1.29 is 19.1 Å². The van der Waals surface area contributed by atoms with Crippen LogP contribution in [0, 0.1) is 5.82 Å². The molecule has 7 heteroatoms. The summed E-state index contributed by atoms with van der Waals surface area (Å²) < 4.78 is 15.2. The zero-order valence-corrected chi connectivity index (χ0v) is 15.3. The Morgan fingerprint density at radius 2 is 1.96 bits per heavy atom. The van der Waals surface area contributed by atoms with Crippen molar-refractivity contribution in [2.75, 3.05) is 0 Å². The van der Waals surface area contributed by atoms with Crippen molar-refractivity contribution >= 4 is 33.5 Å². The van der Waals surface area contributed by atoms with Crippen molar-refractivity contribution in [1.82, 2.24) is 5.01 Å². The van der Waals surface area contributed by atoms with Gasteiger partial charge < -0.3 is 5.11 Å². The maximum Gasteiger partial charge on any atom is 0.303 e. The smallest absolute Gasteiger partial charge is 0.303 e. The molecule has 0 fully saturated rings. The van der Waals surface area contributed by atoms with Crippen molar-refractivity contribution in [2.45, 2.75) is 25.3 Å². The topological polar surface area (TPSA) is 70.0 Å². The maximum absolute atomic E-state index is 14.3. The number of amides is 1. The van der Waals surface area contributed by atoms with Crippen LogP contribution in [-0.4, -0.2) is 27.7 Å². The van der Waals surface area contributed by atoms with Crippen LogP contribution < -0.4 is 0 Å². The third-order valence-corrected chi connectivity index (χ3v) is 4.63. The predicted molar refractivity (Wildman–Crippen MR) is 98.2 cm³/mol. The van der Waals surface area contributed by atoms with Gasteiger partial charge in [0.05, 0.1) is 18.2 Å². The summed E-state index contributed by atoms with van der Waals surface area (Å²) in [5, 5.41) is 14.4. The molecule has 1 N–H and O–H groups in total. The fourth-order valence-electron chi connectivity index (χ4n) is 2.90. The molecule has 1 aliphatic rings. The molecular formula is C19H16BrFN2O3. The van der Waals surface area contributed by atoms with Crippen LogP contribution in [0.25, 0.3) is 0 Å². The van der Waals surface area contributed by atoms with Gasteiger partial charge in [-0.05, 0) is 23.8 Å². The van der Waals surface area contributed by atoms with Crippen LogP contribution in [0.4, 0.5) is 4.39 Å². The number of benzene rings is 2. The second-order valence-electron chi connectivity index (χ2n) is 5.93. The van der Waals surface area contributed by atoms with Gasteiger partial charge in [0.2, 0.25) is 5.91 Å². The average molecular weight is 419 g/mol. The van der Waals surface area contributed by atoms with Gasteiger partial charge in [0.15, 0.2) is 0 Å². The third-order valence-electron chi connectivity index (χ3n) is 4.14. The van der Waals surface area contributed by atoms with E-state index in [4.69, 9.17) is 5.11 Å². The molecule has 3 rings (SSSR count). The zero-order chi connectivity index (χ0) is 18.7. The van der Waals surface area contributed by atoms with Crippen LogP contribution in [0.1, 0.15) is 36.4 Å². The highest BCUT2D eigenvalue weighted by atomic mass is 79.9. The van der Waals surface area contributed by atoms with Crippen LogP contribution in [0.2, 0.25) is 0 Å². The summed E-state index contributed by atoms with van der Waals surface area (Å²) in [6, 6.07) is 13.1. The van der Waals surface area contributed by atoms with Crippen molar-refractivity contribution in [2.24, 2.45) is 5.10 Å². The predicted octanol–water partition coefficient (Wildman–Crippen LogP) is 4.13. The molecular weight excluding hydrogens is 403 g/mol. The zero-order valence-electron chi connectivity index (χ0n) is 13.7. The highest BCUT2D eigenvalue weighted by Crippen LogP contribution is 2.35. The fraction of sp³-hybridized carbons (Fsp3) is 0.211. The largest absolute Gasteiger partial charge is 0.481 e. The number of hydrazone groups is 1. The molecule has 0 bridgehead atoms. The van der Waals surface area contributed by atoms with Crippen LogP contribution in [-0.2, 0) is 9.59 Å². The number of halogens is 2. The summed E-state index contributed by atoms with van der Waals surface area (Å²) in [7, 11) is 0. The number of carboxylic acid groups (broad SMARTS) is 1. The summed E-state index contributed by atoms with van der Waals surface area (Å²) >= 11 is 3.40. The molecule has 1 unspecified atom stereocenters. The van der Waals surface area contributed by atoms with Gasteiger partial charge in [-0.2, -0.15) is 5.10 Å². The number of carboxylic acids is 1. The molecule has 2 aromatic carbocycles. The molecule has 0 aliphatic carbocycles. The maximum atomic E-state index is 14.3. The normalized spacial score (nSPS) is 16.5. The quantitative estimate of drug-likeness (QED) is 0.793. The number of carbonyl (C=O) groups excluding carboxylic acids is 1. The summed E-state index contributed by atoms with van der Waals surface area (Å²) in [6.45, 7) is 0. The molecule has 1 amide bonds. The van der Waals surface area contributed by atoms with Crippen molar-refractivity contribution in [1.29, 1.82) is 0 Å². The average Bonchev–Trinajstić information content (AvgIpc) is 3.05. The van der Waals surface area contributed by atoms with Gasteiger partial charge in [-0.3, -0.25) is 9.59 Å².